The minimum Gasteiger partial charge on any atom is -0.378 e. The zero-order valence-corrected chi connectivity index (χ0v) is 12.9. The first-order valence-electron chi connectivity index (χ1n) is 6.34. The summed E-state index contributed by atoms with van der Waals surface area (Å²) in [5.74, 6) is -0.425. The predicted octanol–water partition coefficient (Wildman–Crippen LogP) is -0.0221. The summed E-state index contributed by atoms with van der Waals surface area (Å²) >= 11 is 0.913. The number of rotatable bonds is 4. The van der Waals surface area contributed by atoms with Gasteiger partial charge in [0.25, 0.3) is 0 Å². The zero-order valence-electron chi connectivity index (χ0n) is 11.2. The molecular formula is C12H12N4O4S2. The number of carbonyl (C=O) groups excluding carboxylic acids is 1. The van der Waals surface area contributed by atoms with E-state index in [1.165, 1.54) is 11.4 Å². The zero-order chi connectivity index (χ0) is 15.7. The Kier molecular flexibility index (Phi) is 3.81. The van der Waals surface area contributed by atoms with Gasteiger partial charge in [-0.3, -0.25) is 4.79 Å². The molecule has 2 aromatic rings. The molecule has 116 valence electrons. The Balaban J connectivity index is 1.94. The van der Waals surface area contributed by atoms with Crippen LogP contribution in [0.1, 0.15) is 17.2 Å². The van der Waals surface area contributed by atoms with E-state index in [2.05, 4.69) is 14.9 Å². The molecule has 0 bridgehead atoms. The molecule has 1 atom stereocenters. The van der Waals surface area contributed by atoms with E-state index in [0.717, 1.165) is 23.5 Å². The fourth-order valence-electron chi connectivity index (χ4n) is 2.27. The molecule has 1 aromatic carbocycles. The van der Waals surface area contributed by atoms with Gasteiger partial charge in [0.1, 0.15) is 11.8 Å². The molecule has 1 aromatic heterocycles. The van der Waals surface area contributed by atoms with Gasteiger partial charge in [0, 0.05) is 6.54 Å². The molecule has 22 heavy (non-hydrogen) atoms. The van der Waals surface area contributed by atoms with Gasteiger partial charge in [0.05, 0.1) is 5.38 Å². The number of aromatic nitrogens is 2. The lowest BCUT2D eigenvalue weighted by Gasteiger charge is -2.24. The standard InChI is InChI=1S/C12H12N4O4S2/c13-12(17)11-9-5-8(2-1-7(9)3-4-14-11)20-22(18,19)10-6-21-16-15-10/h1-2,5-6,11,14H,3-4H2,(H2,13,17). The van der Waals surface area contributed by atoms with Crippen LogP contribution in [0.5, 0.6) is 5.75 Å². The Hall–Kier alpha value is -2.04. The van der Waals surface area contributed by atoms with Crippen LogP contribution in [0.3, 0.4) is 0 Å². The van der Waals surface area contributed by atoms with Gasteiger partial charge in [-0.05, 0) is 41.2 Å². The van der Waals surface area contributed by atoms with E-state index in [4.69, 9.17) is 9.92 Å². The van der Waals surface area contributed by atoms with Gasteiger partial charge in [-0.25, -0.2) is 0 Å². The summed E-state index contributed by atoms with van der Waals surface area (Å²) in [6.07, 6.45) is 0.724. The monoisotopic (exact) mass is 340 g/mol. The average Bonchev–Trinajstić information content (AvgIpc) is 3.01. The lowest BCUT2D eigenvalue weighted by atomic mass is 9.94. The first kappa shape index (κ1) is 14.9. The van der Waals surface area contributed by atoms with Crippen LogP contribution in [0.25, 0.3) is 0 Å². The molecule has 1 unspecified atom stereocenters. The summed E-state index contributed by atoms with van der Waals surface area (Å²) in [4.78, 5) is 11.5. The largest absolute Gasteiger partial charge is 0.378 e. The third kappa shape index (κ3) is 2.80. The topological polar surface area (TPSA) is 124 Å². The summed E-state index contributed by atoms with van der Waals surface area (Å²) in [6.45, 7) is 0.629. The van der Waals surface area contributed by atoms with E-state index in [1.807, 2.05) is 0 Å². The van der Waals surface area contributed by atoms with Crippen LogP contribution in [0.15, 0.2) is 28.6 Å². The fourth-order valence-corrected chi connectivity index (χ4v) is 3.83. The van der Waals surface area contributed by atoms with Crippen molar-refractivity contribution < 1.29 is 17.4 Å². The van der Waals surface area contributed by atoms with E-state index in [9.17, 15) is 13.2 Å². The number of nitrogens with one attached hydrogen (secondary N) is 1. The maximum absolute atomic E-state index is 12.0. The number of carbonyl (C=O) groups is 1. The number of nitrogens with zero attached hydrogens (tertiary/aromatic N) is 2. The molecule has 8 nitrogen and oxygen atoms in total. The first-order chi connectivity index (χ1) is 10.5. The van der Waals surface area contributed by atoms with Crippen molar-refractivity contribution in [2.45, 2.75) is 17.5 Å². The predicted molar refractivity (Wildman–Crippen MR) is 77.8 cm³/mol. The van der Waals surface area contributed by atoms with Gasteiger partial charge >= 0.3 is 10.1 Å². The van der Waals surface area contributed by atoms with Crippen LogP contribution in [0.4, 0.5) is 0 Å². The van der Waals surface area contributed by atoms with Gasteiger partial charge in [-0.15, -0.1) is 5.10 Å². The molecule has 1 aliphatic heterocycles. The molecule has 0 fully saturated rings. The van der Waals surface area contributed by atoms with Crippen molar-refractivity contribution in [1.29, 1.82) is 0 Å². The minimum absolute atomic E-state index is 0.0988. The molecule has 0 spiro atoms. The number of primary amides is 1. The molecule has 3 rings (SSSR count). The van der Waals surface area contributed by atoms with Crippen molar-refractivity contribution in [2.75, 3.05) is 6.54 Å². The van der Waals surface area contributed by atoms with Crippen molar-refractivity contribution in [2.24, 2.45) is 5.73 Å². The average molecular weight is 340 g/mol. The van der Waals surface area contributed by atoms with Gasteiger partial charge in [0.15, 0.2) is 0 Å². The molecule has 0 aliphatic carbocycles. The van der Waals surface area contributed by atoms with Gasteiger partial charge in [-0.2, -0.15) is 8.42 Å². The Bertz CT molecular complexity index is 805. The summed E-state index contributed by atoms with van der Waals surface area (Å²) in [5.41, 5.74) is 6.92. The highest BCUT2D eigenvalue weighted by Gasteiger charge is 2.26. The lowest BCUT2D eigenvalue weighted by molar-refractivity contribution is -0.120. The number of hydrogen-bond acceptors (Lipinski definition) is 8. The van der Waals surface area contributed by atoms with E-state index in [0.29, 0.717) is 12.1 Å². The second-order valence-electron chi connectivity index (χ2n) is 4.68. The van der Waals surface area contributed by atoms with E-state index >= 15 is 0 Å². The molecule has 1 amide bonds. The van der Waals surface area contributed by atoms with Crippen LogP contribution in [-0.2, 0) is 21.3 Å². The normalized spacial score (nSPS) is 17.7. The van der Waals surface area contributed by atoms with E-state index in [1.54, 1.807) is 12.1 Å². The summed E-state index contributed by atoms with van der Waals surface area (Å²) in [5, 5.41) is 7.51. The smallest absolute Gasteiger partial charge is 0.359 e. The molecule has 3 N–H and O–H groups in total. The number of nitrogens with two attached hydrogens (primary N) is 1. The molecular weight excluding hydrogens is 328 g/mol. The maximum atomic E-state index is 12.0. The second kappa shape index (κ2) is 5.63. The van der Waals surface area contributed by atoms with Crippen LogP contribution >= 0.6 is 11.5 Å². The van der Waals surface area contributed by atoms with Crippen molar-refractivity contribution >= 4 is 27.6 Å². The highest BCUT2D eigenvalue weighted by atomic mass is 32.2. The van der Waals surface area contributed by atoms with Crippen molar-refractivity contribution in [3.8, 4) is 5.75 Å². The highest BCUT2D eigenvalue weighted by molar-refractivity contribution is 7.87. The molecule has 10 heteroatoms. The Morgan fingerprint density at radius 1 is 1.45 bits per heavy atom. The van der Waals surface area contributed by atoms with Gasteiger partial charge < -0.3 is 15.2 Å². The fraction of sp³-hybridized carbons (Fsp3) is 0.250. The molecule has 0 radical (unpaired) electrons. The Morgan fingerprint density at radius 2 is 2.27 bits per heavy atom. The first-order valence-corrected chi connectivity index (χ1v) is 8.59. The van der Waals surface area contributed by atoms with Crippen molar-refractivity contribution in [3.63, 3.8) is 0 Å². The SMILES string of the molecule is NC(=O)C1NCCc2ccc(OS(=O)(=O)c3csnn3)cc21. The van der Waals surface area contributed by atoms with E-state index in [-0.39, 0.29) is 10.8 Å². The van der Waals surface area contributed by atoms with Crippen molar-refractivity contribution in [3.05, 3.63) is 34.7 Å². The van der Waals surface area contributed by atoms with Crippen LogP contribution in [0, 0.1) is 0 Å². The Labute approximate surface area is 130 Å². The van der Waals surface area contributed by atoms with Gasteiger partial charge in [-0.1, -0.05) is 10.6 Å². The van der Waals surface area contributed by atoms with E-state index < -0.39 is 22.1 Å². The van der Waals surface area contributed by atoms with Crippen LogP contribution < -0.4 is 15.2 Å². The molecule has 0 saturated carbocycles. The second-order valence-corrected chi connectivity index (χ2v) is 6.78. The molecule has 1 aliphatic rings. The quantitative estimate of drug-likeness (QED) is 0.749. The molecule has 2 heterocycles. The number of fused-ring (bicyclic) bond motifs is 1. The number of amides is 1. The number of hydrogen-bond donors (Lipinski definition) is 2. The van der Waals surface area contributed by atoms with Crippen molar-refractivity contribution in [1.82, 2.24) is 14.9 Å². The van der Waals surface area contributed by atoms with Crippen LogP contribution in [0.2, 0.25) is 0 Å². The number of benzene rings is 1. The summed E-state index contributed by atoms with van der Waals surface area (Å²) in [6, 6.07) is 4.13. The van der Waals surface area contributed by atoms with Gasteiger partial charge in [0.2, 0.25) is 10.9 Å². The summed E-state index contributed by atoms with van der Waals surface area (Å²) < 4.78 is 32.6. The Morgan fingerprint density at radius 3 is 2.95 bits per heavy atom. The maximum Gasteiger partial charge on any atom is 0.359 e. The third-order valence-corrected chi connectivity index (χ3v) is 5.04. The highest BCUT2D eigenvalue weighted by Crippen LogP contribution is 2.28. The molecule has 0 saturated heterocycles. The van der Waals surface area contributed by atoms with Crippen LogP contribution in [-0.4, -0.2) is 30.5 Å². The minimum atomic E-state index is -4.03. The lowest BCUT2D eigenvalue weighted by Crippen LogP contribution is -2.38. The third-order valence-electron chi connectivity index (χ3n) is 3.26. The summed E-state index contributed by atoms with van der Waals surface area (Å²) in [7, 11) is -4.03.